The summed E-state index contributed by atoms with van der Waals surface area (Å²) in [6.45, 7) is 0.382. The Hall–Kier alpha value is -3.33. The second kappa shape index (κ2) is 7.96. The highest BCUT2D eigenvalue weighted by Gasteiger charge is 2.28. The highest BCUT2D eigenvalue weighted by molar-refractivity contribution is 7.20. The van der Waals surface area contributed by atoms with E-state index in [1.54, 1.807) is 25.4 Å². The molecular formula is C20H18N4O4S. The Kier molecular flexibility index (Phi) is 5.22. The molecule has 148 valence electrons. The first-order valence-electron chi connectivity index (χ1n) is 9.12. The Morgan fingerprint density at radius 1 is 1.28 bits per heavy atom. The molecule has 1 aromatic carbocycles. The van der Waals surface area contributed by atoms with Gasteiger partial charge in [0.2, 0.25) is 5.88 Å². The number of allylic oxidation sites excluding steroid dienone is 1. The van der Waals surface area contributed by atoms with E-state index in [4.69, 9.17) is 4.74 Å². The van der Waals surface area contributed by atoms with Crippen LogP contribution in [0.3, 0.4) is 0 Å². The molecule has 0 fully saturated rings. The van der Waals surface area contributed by atoms with Gasteiger partial charge in [-0.1, -0.05) is 12.1 Å². The molecule has 0 radical (unpaired) electrons. The van der Waals surface area contributed by atoms with Gasteiger partial charge in [0.25, 0.3) is 5.69 Å². The molecule has 1 aliphatic carbocycles. The molecule has 0 saturated heterocycles. The fraction of sp³-hybridized carbons (Fsp3) is 0.250. The highest BCUT2D eigenvalue weighted by Crippen LogP contribution is 2.42. The third-order valence-electron chi connectivity index (χ3n) is 4.76. The van der Waals surface area contributed by atoms with Gasteiger partial charge in [-0.2, -0.15) is 0 Å². The molecule has 4 rings (SSSR count). The lowest BCUT2D eigenvalue weighted by Gasteiger charge is -2.14. The van der Waals surface area contributed by atoms with Crippen molar-refractivity contribution < 1.29 is 14.5 Å². The van der Waals surface area contributed by atoms with Crippen molar-refractivity contribution >= 4 is 38.6 Å². The first-order valence-corrected chi connectivity index (χ1v) is 9.93. The van der Waals surface area contributed by atoms with Crippen molar-refractivity contribution in [3.05, 3.63) is 62.9 Å². The summed E-state index contributed by atoms with van der Waals surface area (Å²) in [5.74, 6) is 0.625. The van der Waals surface area contributed by atoms with Crippen LogP contribution in [-0.2, 0) is 17.6 Å². The number of nitro groups is 1. The smallest absolute Gasteiger partial charge is 0.269 e. The summed E-state index contributed by atoms with van der Waals surface area (Å²) in [6, 6.07) is 6.42. The SMILES string of the molecule is CN/C=C1\C(=O)CCc2c1sc1ncnc(OCCc3ccc([N+](=O)[O-])cc3)c21. The number of ketones is 1. The van der Waals surface area contributed by atoms with Crippen LogP contribution in [-0.4, -0.2) is 34.3 Å². The van der Waals surface area contributed by atoms with Crippen LogP contribution in [0.2, 0.25) is 0 Å². The molecule has 1 N–H and O–H groups in total. The number of ether oxygens (including phenoxy) is 1. The van der Waals surface area contributed by atoms with Gasteiger partial charge in [0.05, 0.1) is 22.5 Å². The number of benzene rings is 1. The topological polar surface area (TPSA) is 107 Å². The lowest BCUT2D eigenvalue weighted by atomic mass is 9.92. The summed E-state index contributed by atoms with van der Waals surface area (Å²) in [4.78, 5) is 33.0. The monoisotopic (exact) mass is 410 g/mol. The molecule has 0 aliphatic heterocycles. The zero-order valence-electron chi connectivity index (χ0n) is 15.7. The first-order chi connectivity index (χ1) is 14.1. The van der Waals surface area contributed by atoms with E-state index < -0.39 is 4.92 Å². The van der Waals surface area contributed by atoms with E-state index in [9.17, 15) is 14.9 Å². The number of nitro benzene ring substituents is 1. The average Bonchev–Trinajstić information content (AvgIpc) is 3.10. The van der Waals surface area contributed by atoms with Crippen molar-refractivity contribution in [3.63, 3.8) is 0 Å². The number of hydrogen-bond donors (Lipinski definition) is 1. The number of nitrogens with zero attached hydrogens (tertiary/aromatic N) is 3. The van der Waals surface area contributed by atoms with Gasteiger partial charge < -0.3 is 10.1 Å². The Morgan fingerprint density at radius 3 is 2.79 bits per heavy atom. The predicted molar refractivity (Wildman–Crippen MR) is 110 cm³/mol. The second-order valence-corrected chi connectivity index (χ2v) is 7.56. The van der Waals surface area contributed by atoms with Crippen molar-refractivity contribution in [2.75, 3.05) is 13.7 Å². The number of carbonyl (C=O) groups excluding carboxylic acids is 1. The molecule has 0 atom stereocenters. The van der Waals surface area contributed by atoms with Crippen LogP contribution in [0, 0.1) is 10.1 Å². The van der Waals surface area contributed by atoms with Gasteiger partial charge in [-0.25, -0.2) is 9.97 Å². The Balaban J connectivity index is 1.57. The van der Waals surface area contributed by atoms with E-state index in [1.165, 1.54) is 29.8 Å². The number of nitrogens with one attached hydrogen (secondary N) is 1. The molecule has 1 aliphatic rings. The summed E-state index contributed by atoms with van der Waals surface area (Å²) in [7, 11) is 1.77. The quantitative estimate of drug-likeness (QED) is 0.377. The molecule has 0 unspecified atom stereocenters. The second-order valence-electron chi connectivity index (χ2n) is 6.56. The average molecular weight is 410 g/mol. The Labute approximate surface area is 170 Å². The number of non-ortho nitro benzene ring substituents is 1. The van der Waals surface area contributed by atoms with E-state index >= 15 is 0 Å². The van der Waals surface area contributed by atoms with Crippen LogP contribution in [0.5, 0.6) is 5.88 Å². The highest BCUT2D eigenvalue weighted by atomic mass is 32.1. The molecule has 8 nitrogen and oxygen atoms in total. The van der Waals surface area contributed by atoms with Gasteiger partial charge in [0.15, 0.2) is 5.78 Å². The summed E-state index contributed by atoms with van der Waals surface area (Å²) in [5.41, 5.74) is 2.74. The molecule has 2 aromatic heterocycles. The standard InChI is InChI=1S/C20H18N4O4S/c1-21-10-15-16(25)7-6-14-17-19(22-11-23-20(17)29-18(14)15)28-9-8-12-2-4-13(5-3-12)24(26)27/h2-5,10-11,21H,6-9H2,1H3/b15-10+. The van der Waals surface area contributed by atoms with Crippen molar-refractivity contribution in [2.45, 2.75) is 19.3 Å². The van der Waals surface area contributed by atoms with Crippen LogP contribution in [0.15, 0.2) is 36.8 Å². The number of aromatic nitrogens is 2. The van der Waals surface area contributed by atoms with Crippen molar-refractivity contribution in [1.29, 1.82) is 0 Å². The summed E-state index contributed by atoms with van der Waals surface area (Å²) in [5, 5.41) is 14.6. The molecule has 0 amide bonds. The number of Topliss-reactive ketones (excluding diaryl/α,β-unsaturated/α-hetero) is 1. The van der Waals surface area contributed by atoms with E-state index in [-0.39, 0.29) is 11.5 Å². The fourth-order valence-corrected chi connectivity index (χ4v) is 4.58. The number of carbonyl (C=O) groups is 1. The predicted octanol–water partition coefficient (Wildman–Crippen LogP) is 3.30. The lowest BCUT2D eigenvalue weighted by molar-refractivity contribution is -0.384. The van der Waals surface area contributed by atoms with E-state index in [0.29, 0.717) is 37.3 Å². The van der Waals surface area contributed by atoms with E-state index in [1.807, 2.05) is 0 Å². The maximum absolute atomic E-state index is 12.3. The molecule has 2 heterocycles. The molecule has 9 heteroatoms. The van der Waals surface area contributed by atoms with Crippen LogP contribution < -0.4 is 10.1 Å². The normalized spacial score (nSPS) is 14.8. The van der Waals surface area contributed by atoms with Gasteiger partial charge in [-0.3, -0.25) is 14.9 Å². The van der Waals surface area contributed by atoms with Gasteiger partial charge in [0, 0.05) is 43.1 Å². The van der Waals surface area contributed by atoms with Gasteiger partial charge in [-0.15, -0.1) is 11.3 Å². The molecule has 3 aromatic rings. The summed E-state index contributed by atoms with van der Waals surface area (Å²) in [6.07, 6.45) is 4.89. The largest absolute Gasteiger partial charge is 0.477 e. The maximum Gasteiger partial charge on any atom is 0.269 e. The van der Waals surface area contributed by atoms with Crippen LogP contribution in [0.4, 0.5) is 5.69 Å². The van der Waals surface area contributed by atoms with Crippen molar-refractivity contribution in [1.82, 2.24) is 15.3 Å². The number of thiophene rings is 1. The number of fused-ring (bicyclic) bond motifs is 3. The molecule has 0 saturated carbocycles. The third kappa shape index (κ3) is 3.68. The minimum Gasteiger partial charge on any atom is -0.477 e. The van der Waals surface area contributed by atoms with Crippen molar-refractivity contribution in [2.24, 2.45) is 0 Å². The van der Waals surface area contributed by atoms with E-state index in [2.05, 4.69) is 15.3 Å². The van der Waals surface area contributed by atoms with Gasteiger partial charge >= 0.3 is 0 Å². The summed E-state index contributed by atoms with van der Waals surface area (Å²) < 4.78 is 5.95. The zero-order valence-corrected chi connectivity index (χ0v) is 16.5. The minimum atomic E-state index is -0.418. The Morgan fingerprint density at radius 2 is 2.07 bits per heavy atom. The van der Waals surface area contributed by atoms with Crippen LogP contribution in [0.1, 0.15) is 22.4 Å². The van der Waals surface area contributed by atoms with Crippen molar-refractivity contribution in [3.8, 4) is 5.88 Å². The van der Waals surface area contributed by atoms with E-state index in [0.717, 1.165) is 26.2 Å². The number of hydrogen-bond acceptors (Lipinski definition) is 8. The molecule has 0 bridgehead atoms. The number of aryl methyl sites for hydroxylation is 1. The number of rotatable bonds is 6. The molecular weight excluding hydrogens is 392 g/mol. The summed E-state index contributed by atoms with van der Waals surface area (Å²) >= 11 is 1.48. The minimum absolute atomic E-state index is 0.0667. The van der Waals surface area contributed by atoms with Crippen LogP contribution in [0.25, 0.3) is 15.8 Å². The van der Waals surface area contributed by atoms with Crippen LogP contribution >= 0.6 is 11.3 Å². The zero-order chi connectivity index (χ0) is 20.4. The fourth-order valence-electron chi connectivity index (χ4n) is 3.37. The first kappa shape index (κ1) is 19.0. The molecule has 29 heavy (non-hydrogen) atoms. The third-order valence-corrected chi connectivity index (χ3v) is 5.94. The van der Waals surface area contributed by atoms with Gasteiger partial charge in [0.1, 0.15) is 11.2 Å². The molecule has 0 spiro atoms. The lowest BCUT2D eigenvalue weighted by Crippen LogP contribution is -2.13. The van der Waals surface area contributed by atoms with Gasteiger partial charge in [-0.05, 0) is 17.5 Å². The Bertz CT molecular complexity index is 1120. The maximum atomic E-state index is 12.3.